The molecule has 0 radical (unpaired) electrons. The van der Waals surface area contributed by atoms with Gasteiger partial charge in [0, 0.05) is 42.9 Å². The van der Waals surface area contributed by atoms with Gasteiger partial charge in [-0.25, -0.2) is 14.4 Å². The molecule has 0 atom stereocenters. The van der Waals surface area contributed by atoms with E-state index in [9.17, 15) is 4.39 Å². The van der Waals surface area contributed by atoms with Gasteiger partial charge in [-0.15, -0.1) is 0 Å². The number of nitrogens with zero attached hydrogens (tertiary/aromatic N) is 7. The smallest absolute Gasteiger partial charge is 0.161 e. The zero-order valence-electron chi connectivity index (χ0n) is 20.2. The van der Waals surface area contributed by atoms with Gasteiger partial charge in [0.05, 0.1) is 28.6 Å². The zero-order valence-corrected chi connectivity index (χ0v) is 20.2. The molecule has 11 heteroatoms. The van der Waals surface area contributed by atoms with Crippen molar-refractivity contribution < 1.29 is 4.39 Å². The van der Waals surface area contributed by atoms with Crippen LogP contribution < -0.4 is 5.32 Å². The maximum atomic E-state index is 14.5. The molecule has 37 heavy (non-hydrogen) atoms. The van der Waals surface area contributed by atoms with E-state index >= 15 is 0 Å². The molecule has 1 aromatic carbocycles. The summed E-state index contributed by atoms with van der Waals surface area (Å²) in [6, 6.07) is 10.4. The van der Waals surface area contributed by atoms with Gasteiger partial charge in [0.25, 0.3) is 0 Å². The lowest BCUT2D eigenvalue weighted by Crippen LogP contribution is -2.20. The van der Waals surface area contributed by atoms with Gasteiger partial charge in [-0.2, -0.15) is 5.10 Å². The Labute approximate surface area is 211 Å². The lowest BCUT2D eigenvalue weighted by molar-refractivity contribution is 0.425. The maximum absolute atomic E-state index is 14.5. The van der Waals surface area contributed by atoms with Crippen molar-refractivity contribution in [1.29, 1.82) is 0 Å². The third-order valence-corrected chi connectivity index (χ3v) is 5.92. The average molecular weight is 495 g/mol. The van der Waals surface area contributed by atoms with E-state index in [2.05, 4.69) is 40.3 Å². The molecule has 0 bridgehead atoms. The van der Waals surface area contributed by atoms with Crippen LogP contribution >= 0.6 is 0 Å². The first kappa shape index (κ1) is 22.7. The summed E-state index contributed by atoms with van der Waals surface area (Å²) in [5, 5.41) is 10.7. The summed E-state index contributed by atoms with van der Waals surface area (Å²) in [5.74, 6) is 0.179. The van der Waals surface area contributed by atoms with Crippen LogP contribution in [0.4, 0.5) is 10.1 Å². The topological polar surface area (TPSA) is 124 Å². The van der Waals surface area contributed by atoms with Crippen LogP contribution in [0.2, 0.25) is 0 Å². The minimum Gasteiger partial charge on any atom is -0.384 e. The number of hydrogen-bond donors (Lipinski definition) is 3. The van der Waals surface area contributed by atoms with Gasteiger partial charge in [-0.1, -0.05) is 0 Å². The van der Waals surface area contributed by atoms with Crippen molar-refractivity contribution >= 4 is 27.8 Å². The molecule has 3 N–H and O–H groups in total. The van der Waals surface area contributed by atoms with E-state index < -0.39 is 0 Å². The SMILES string of the molecule is CN(C)CCNc1cc(F)cc(-c2nccc3[nH]c(-c4n[nH]c5ccc(-c6cnccn6)nc45)nc23)c1. The highest BCUT2D eigenvalue weighted by Gasteiger charge is 2.18. The lowest BCUT2D eigenvalue weighted by Gasteiger charge is -2.12. The fourth-order valence-electron chi connectivity index (χ4n) is 4.15. The molecule has 0 saturated heterocycles. The molecule has 5 heterocycles. The second-order valence-electron chi connectivity index (χ2n) is 8.86. The molecule has 0 fully saturated rings. The van der Waals surface area contributed by atoms with E-state index in [0.29, 0.717) is 57.4 Å². The summed E-state index contributed by atoms with van der Waals surface area (Å²) in [4.78, 5) is 28.0. The fraction of sp³-hybridized carbons (Fsp3) is 0.154. The van der Waals surface area contributed by atoms with Crippen LogP contribution in [-0.2, 0) is 0 Å². The average Bonchev–Trinajstić information content (AvgIpc) is 3.52. The van der Waals surface area contributed by atoms with Crippen LogP contribution in [-0.4, -0.2) is 72.2 Å². The maximum Gasteiger partial charge on any atom is 0.161 e. The highest BCUT2D eigenvalue weighted by molar-refractivity contribution is 5.95. The normalized spacial score (nSPS) is 11.6. The van der Waals surface area contributed by atoms with Crippen molar-refractivity contribution in [3.63, 3.8) is 0 Å². The fourth-order valence-corrected chi connectivity index (χ4v) is 4.15. The summed E-state index contributed by atoms with van der Waals surface area (Å²) in [6.45, 7) is 1.52. The number of aromatic amines is 2. The van der Waals surface area contributed by atoms with Crippen molar-refractivity contribution in [1.82, 2.24) is 45.0 Å². The predicted octanol–water partition coefficient (Wildman–Crippen LogP) is 4.13. The third kappa shape index (κ3) is 4.47. The number of likely N-dealkylation sites (N-methyl/N-ethyl adjacent to an activating group) is 1. The van der Waals surface area contributed by atoms with E-state index in [1.54, 1.807) is 24.8 Å². The first-order chi connectivity index (χ1) is 18.0. The van der Waals surface area contributed by atoms with E-state index in [0.717, 1.165) is 17.6 Å². The monoisotopic (exact) mass is 494 g/mol. The number of anilines is 1. The Hall–Kier alpha value is -4.77. The molecule has 0 aliphatic heterocycles. The predicted molar refractivity (Wildman–Crippen MR) is 140 cm³/mol. The number of pyridine rings is 2. The number of aromatic nitrogens is 8. The Morgan fingerprint density at radius 2 is 1.78 bits per heavy atom. The minimum absolute atomic E-state index is 0.349. The molecule has 184 valence electrons. The van der Waals surface area contributed by atoms with Gasteiger partial charge in [0.1, 0.15) is 22.5 Å². The molecule has 0 aliphatic carbocycles. The molecule has 0 aliphatic rings. The molecule has 6 rings (SSSR count). The molecule has 0 saturated carbocycles. The Morgan fingerprint density at radius 1 is 0.892 bits per heavy atom. The molecule has 0 amide bonds. The minimum atomic E-state index is -0.349. The summed E-state index contributed by atoms with van der Waals surface area (Å²) in [6.07, 6.45) is 6.58. The molecular weight excluding hydrogens is 471 g/mol. The molecule has 10 nitrogen and oxygen atoms in total. The van der Waals surface area contributed by atoms with Gasteiger partial charge in [-0.05, 0) is 50.5 Å². The lowest BCUT2D eigenvalue weighted by atomic mass is 10.1. The summed E-state index contributed by atoms with van der Waals surface area (Å²) < 4.78 is 14.5. The largest absolute Gasteiger partial charge is 0.384 e. The van der Waals surface area contributed by atoms with Crippen LogP contribution in [0.1, 0.15) is 0 Å². The van der Waals surface area contributed by atoms with Crippen LogP contribution in [0.5, 0.6) is 0 Å². The third-order valence-electron chi connectivity index (χ3n) is 5.92. The number of halogens is 1. The van der Waals surface area contributed by atoms with Crippen molar-refractivity contribution in [3.05, 3.63) is 67.0 Å². The van der Waals surface area contributed by atoms with E-state index in [4.69, 9.17) is 9.97 Å². The van der Waals surface area contributed by atoms with Crippen molar-refractivity contribution in [3.8, 4) is 34.2 Å². The highest BCUT2D eigenvalue weighted by atomic mass is 19.1. The number of benzene rings is 1. The molecule has 0 spiro atoms. The van der Waals surface area contributed by atoms with Crippen LogP contribution in [0.25, 0.3) is 56.2 Å². The number of fused-ring (bicyclic) bond motifs is 2. The first-order valence-corrected chi connectivity index (χ1v) is 11.7. The number of nitrogens with one attached hydrogen (secondary N) is 3. The van der Waals surface area contributed by atoms with E-state index in [-0.39, 0.29) is 5.82 Å². The van der Waals surface area contributed by atoms with Gasteiger partial charge >= 0.3 is 0 Å². The summed E-state index contributed by atoms with van der Waals surface area (Å²) in [5.41, 5.74) is 6.57. The Balaban J connectivity index is 1.41. The van der Waals surface area contributed by atoms with Gasteiger partial charge in [-0.3, -0.25) is 20.1 Å². The highest BCUT2D eigenvalue weighted by Crippen LogP contribution is 2.31. The summed E-state index contributed by atoms with van der Waals surface area (Å²) in [7, 11) is 3.99. The van der Waals surface area contributed by atoms with Gasteiger partial charge in [0.2, 0.25) is 0 Å². The number of hydrogen-bond acceptors (Lipinski definition) is 8. The Morgan fingerprint density at radius 3 is 2.62 bits per heavy atom. The van der Waals surface area contributed by atoms with Crippen molar-refractivity contribution in [2.75, 3.05) is 32.5 Å². The standard InChI is InChI=1S/C26H23FN10/c1-37(2)10-9-29-17-12-15(11-16(27)13-17)22-23-19(5-6-31-22)33-26(34-23)25-24-20(35-36-25)4-3-18(32-24)21-14-28-7-8-30-21/h3-8,11-14,29H,9-10H2,1-2H3,(H,33,34)(H,35,36). The quantitative estimate of drug-likeness (QED) is 0.303. The van der Waals surface area contributed by atoms with Crippen LogP contribution in [0, 0.1) is 5.82 Å². The summed E-state index contributed by atoms with van der Waals surface area (Å²) >= 11 is 0. The molecule has 5 aromatic heterocycles. The van der Waals surface area contributed by atoms with Crippen molar-refractivity contribution in [2.24, 2.45) is 0 Å². The van der Waals surface area contributed by atoms with Crippen molar-refractivity contribution in [2.45, 2.75) is 0 Å². The number of rotatable bonds is 7. The molecule has 0 unspecified atom stereocenters. The van der Waals surface area contributed by atoms with Crippen LogP contribution in [0.15, 0.2) is 61.2 Å². The molecular formula is C26H23FN10. The molecule has 6 aromatic rings. The Kier molecular flexibility index (Phi) is 5.73. The van der Waals surface area contributed by atoms with Gasteiger partial charge in [0.15, 0.2) is 11.5 Å². The van der Waals surface area contributed by atoms with E-state index in [1.807, 2.05) is 38.4 Å². The van der Waals surface area contributed by atoms with Crippen LogP contribution in [0.3, 0.4) is 0 Å². The number of H-pyrrole nitrogens is 2. The Bertz CT molecular complexity index is 1710. The zero-order chi connectivity index (χ0) is 25.4. The van der Waals surface area contributed by atoms with Gasteiger partial charge < -0.3 is 15.2 Å². The van der Waals surface area contributed by atoms with E-state index in [1.165, 1.54) is 12.1 Å². The second-order valence-corrected chi connectivity index (χ2v) is 8.86. The first-order valence-electron chi connectivity index (χ1n) is 11.7. The second kappa shape index (κ2) is 9.36. The number of imidazole rings is 1.